The van der Waals surface area contributed by atoms with E-state index in [9.17, 15) is 4.91 Å². The summed E-state index contributed by atoms with van der Waals surface area (Å²) in [6.45, 7) is -0.865. The van der Waals surface area contributed by atoms with Crippen molar-refractivity contribution in [1.29, 1.82) is 5.26 Å². The van der Waals surface area contributed by atoms with Gasteiger partial charge in [0.1, 0.15) is 0 Å². The van der Waals surface area contributed by atoms with Crippen LogP contribution in [0.4, 0.5) is 0 Å². The largest absolute Gasteiger partial charge is 0.483 e. The molecule has 3 nitrogen and oxygen atoms in total. The van der Waals surface area contributed by atoms with E-state index in [-0.39, 0.29) is 0 Å². The molecule has 0 aromatic heterocycles. The molecule has 52 valence electrons. The highest BCUT2D eigenvalue weighted by Gasteiger charge is 2.16. The number of hydrogen-bond donors (Lipinski definition) is 0. The van der Waals surface area contributed by atoms with Crippen LogP contribution in [0.2, 0.25) is 0 Å². The van der Waals surface area contributed by atoms with E-state index in [1.54, 1.807) is 30.2 Å². The fraction of sp³-hybridized carbons (Fsp3) is 0. The van der Waals surface area contributed by atoms with E-state index in [0.29, 0.717) is 5.46 Å². The molecule has 0 atom stereocenters. The number of nitroso groups, excluding NO2 is 1. The molecule has 0 fully saturated rings. The molecule has 0 radical (unpaired) electrons. The number of nitrogens with zero attached hydrogens (tertiary/aromatic N) is 2. The van der Waals surface area contributed by atoms with Gasteiger partial charge in [-0.25, -0.2) is 5.26 Å². The molecule has 0 amide bonds. The summed E-state index contributed by atoms with van der Waals surface area (Å²) < 4.78 is 0. The van der Waals surface area contributed by atoms with E-state index in [1.807, 2.05) is 6.07 Å². The van der Waals surface area contributed by atoms with Crippen LogP contribution in [0.1, 0.15) is 0 Å². The summed E-state index contributed by atoms with van der Waals surface area (Å²) in [4.78, 5) is 10.1. The molecule has 0 unspecified atom stereocenters. The second kappa shape index (κ2) is 3.52. The molecule has 0 N–H and O–H groups in total. The molecule has 11 heavy (non-hydrogen) atoms. The Morgan fingerprint density at radius 1 is 1.36 bits per heavy atom. The van der Waals surface area contributed by atoms with E-state index in [0.717, 1.165) is 0 Å². The summed E-state index contributed by atoms with van der Waals surface area (Å²) in [7, 11) is 0. The first kappa shape index (κ1) is 7.48. The summed E-state index contributed by atoms with van der Waals surface area (Å²) in [5, 5.41) is 11.1. The maximum atomic E-state index is 10.1. The van der Waals surface area contributed by atoms with Gasteiger partial charge in [-0.2, -0.15) is 4.91 Å². The van der Waals surface area contributed by atoms with Crippen molar-refractivity contribution in [2.45, 2.75) is 0 Å². The molecular formula is C7H5BN2O. The average Bonchev–Trinajstić information content (AvgIpc) is 2.09. The molecule has 0 spiro atoms. The maximum Gasteiger partial charge on any atom is 0.483 e. The Hall–Kier alpha value is -1.63. The van der Waals surface area contributed by atoms with Crippen LogP contribution >= 0.6 is 0 Å². The van der Waals surface area contributed by atoms with Gasteiger partial charge < -0.3 is 0 Å². The van der Waals surface area contributed by atoms with Crippen LogP contribution in [-0.2, 0) is 0 Å². The van der Waals surface area contributed by atoms with Crippen molar-refractivity contribution < 1.29 is 0 Å². The zero-order chi connectivity index (χ0) is 8.10. The van der Waals surface area contributed by atoms with Crippen LogP contribution in [0.5, 0.6) is 0 Å². The van der Waals surface area contributed by atoms with Gasteiger partial charge in [0.15, 0.2) is 0 Å². The first-order chi connectivity index (χ1) is 5.38. The quantitative estimate of drug-likeness (QED) is 0.453. The Labute approximate surface area is 64.7 Å². The highest BCUT2D eigenvalue weighted by Crippen LogP contribution is 1.87. The number of benzene rings is 1. The van der Waals surface area contributed by atoms with Crippen LogP contribution < -0.4 is 5.46 Å². The highest BCUT2D eigenvalue weighted by atomic mass is 16.2. The molecule has 0 aliphatic rings. The predicted molar refractivity (Wildman–Crippen MR) is 43.2 cm³/mol. The Morgan fingerprint density at radius 3 is 2.45 bits per heavy atom. The summed E-state index contributed by atoms with van der Waals surface area (Å²) in [5.41, 5.74) is 0.644. The molecule has 0 aliphatic heterocycles. The topological polar surface area (TPSA) is 53.2 Å². The Morgan fingerprint density at radius 2 is 2.00 bits per heavy atom. The lowest BCUT2D eigenvalue weighted by Crippen LogP contribution is -2.25. The van der Waals surface area contributed by atoms with Gasteiger partial charge in [0, 0.05) is 5.97 Å². The lowest BCUT2D eigenvalue weighted by atomic mass is 9.59. The molecule has 0 aliphatic carbocycles. The van der Waals surface area contributed by atoms with Gasteiger partial charge in [0.2, 0.25) is 0 Å². The van der Waals surface area contributed by atoms with Crippen molar-refractivity contribution in [2.75, 3.05) is 0 Å². The minimum Gasteiger partial charge on any atom is -0.209 e. The molecule has 0 saturated heterocycles. The lowest BCUT2D eigenvalue weighted by Gasteiger charge is -1.92. The second-order valence-electron chi connectivity index (χ2n) is 2.05. The fourth-order valence-electron chi connectivity index (χ4n) is 0.794. The van der Waals surface area contributed by atoms with E-state index in [1.165, 1.54) is 0 Å². The van der Waals surface area contributed by atoms with Crippen LogP contribution in [0, 0.1) is 16.1 Å². The van der Waals surface area contributed by atoms with E-state index >= 15 is 0 Å². The third-order valence-corrected chi connectivity index (χ3v) is 1.34. The Kier molecular flexibility index (Phi) is 2.39. The molecular weight excluding hydrogens is 139 g/mol. The van der Waals surface area contributed by atoms with Crippen LogP contribution in [0.15, 0.2) is 35.4 Å². The van der Waals surface area contributed by atoms with Gasteiger partial charge >= 0.3 is 6.85 Å². The van der Waals surface area contributed by atoms with Crippen LogP contribution in [0.3, 0.4) is 0 Å². The SMILES string of the molecule is N#CB(N=O)c1ccccc1. The minimum absolute atomic E-state index is 0.644. The standard InChI is InChI=1S/C7H5BN2O/c9-6-8(10-11)7-4-2-1-3-5-7/h1-5H. The zero-order valence-corrected chi connectivity index (χ0v) is 5.77. The molecule has 0 bridgehead atoms. The third-order valence-electron chi connectivity index (χ3n) is 1.34. The van der Waals surface area contributed by atoms with Crippen LogP contribution in [-0.4, -0.2) is 6.85 Å². The summed E-state index contributed by atoms with van der Waals surface area (Å²) in [6.07, 6.45) is 0. The molecule has 4 heteroatoms. The molecule has 0 saturated carbocycles. The monoisotopic (exact) mass is 144 g/mol. The van der Waals surface area contributed by atoms with Gasteiger partial charge in [0.05, 0.1) is 0 Å². The zero-order valence-electron chi connectivity index (χ0n) is 5.77. The van der Waals surface area contributed by atoms with E-state index in [2.05, 4.69) is 5.09 Å². The highest BCUT2D eigenvalue weighted by molar-refractivity contribution is 6.78. The first-order valence-electron chi connectivity index (χ1n) is 3.15. The summed E-state index contributed by atoms with van der Waals surface area (Å²) in [5.74, 6) is 1.79. The summed E-state index contributed by atoms with van der Waals surface area (Å²) in [6, 6.07) is 8.77. The average molecular weight is 144 g/mol. The van der Waals surface area contributed by atoms with Gasteiger partial charge in [-0.05, 0) is 5.46 Å². The van der Waals surface area contributed by atoms with Crippen molar-refractivity contribution in [3.05, 3.63) is 35.2 Å². The molecule has 1 aromatic rings. The molecule has 1 aromatic carbocycles. The number of rotatable bonds is 2. The Balaban J connectivity index is 2.93. The maximum absolute atomic E-state index is 10.1. The van der Waals surface area contributed by atoms with Crippen molar-refractivity contribution in [3.8, 4) is 5.97 Å². The smallest absolute Gasteiger partial charge is 0.209 e. The minimum atomic E-state index is -0.865. The predicted octanol–water partition coefficient (Wildman–Crippen LogP) is 0.714. The molecule has 1 rings (SSSR count). The second-order valence-corrected chi connectivity index (χ2v) is 2.05. The summed E-state index contributed by atoms with van der Waals surface area (Å²) >= 11 is 0. The number of nitriles is 1. The van der Waals surface area contributed by atoms with Gasteiger partial charge in [0.25, 0.3) is 0 Å². The van der Waals surface area contributed by atoms with Gasteiger partial charge in [-0.3, -0.25) is 0 Å². The van der Waals surface area contributed by atoms with Crippen molar-refractivity contribution in [3.63, 3.8) is 0 Å². The number of hydrogen-bond acceptors (Lipinski definition) is 3. The van der Waals surface area contributed by atoms with E-state index in [4.69, 9.17) is 5.26 Å². The fourth-order valence-corrected chi connectivity index (χ4v) is 0.794. The van der Waals surface area contributed by atoms with Gasteiger partial charge in [-0.1, -0.05) is 30.3 Å². The van der Waals surface area contributed by atoms with Gasteiger partial charge in [-0.15, -0.1) is 5.09 Å². The lowest BCUT2D eigenvalue weighted by molar-refractivity contribution is 1.54. The van der Waals surface area contributed by atoms with Crippen molar-refractivity contribution >= 4 is 12.3 Å². The third kappa shape index (κ3) is 1.65. The first-order valence-corrected chi connectivity index (χ1v) is 3.15. The molecule has 0 heterocycles. The van der Waals surface area contributed by atoms with Crippen molar-refractivity contribution in [2.24, 2.45) is 5.09 Å². The van der Waals surface area contributed by atoms with Crippen LogP contribution in [0.25, 0.3) is 0 Å². The normalized spacial score (nSPS) is 8.27. The van der Waals surface area contributed by atoms with E-state index < -0.39 is 6.85 Å². The Bertz CT molecular complexity index is 280. The van der Waals surface area contributed by atoms with Crippen molar-refractivity contribution in [1.82, 2.24) is 0 Å².